The average Bonchev–Trinajstić information content (AvgIpc) is 3.47. The molecule has 0 spiro atoms. The third-order valence-corrected chi connectivity index (χ3v) is 7.97. The van der Waals surface area contributed by atoms with Gasteiger partial charge in [-0.15, -0.1) is 0 Å². The van der Waals surface area contributed by atoms with Crippen molar-refractivity contribution in [1.82, 2.24) is 14.9 Å². The van der Waals surface area contributed by atoms with Crippen molar-refractivity contribution in [2.24, 2.45) is 5.41 Å². The number of aromatic nitrogens is 2. The molecule has 1 saturated heterocycles. The molecule has 1 fully saturated rings. The maximum Gasteiger partial charge on any atom is 0.337 e. The zero-order chi connectivity index (χ0) is 31.1. The van der Waals surface area contributed by atoms with Gasteiger partial charge in [0.2, 0.25) is 5.91 Å². The van der Waals surface area contributed by atoms with Crippen LogP contribution in [0.4, 0.5) is 11.4 Å². The molecule has 1 amide bonds. The van der Waals surface area contributed by atoms with Crippen LogP contribution in [-0.4, -0.2) is 38.8 Å². The van der Waals surface area contributed by atoms with Crippen LogP contribution in [-0.2, 0) is 4.79 Å². The number of benzene rings is 2. The Hall–Kier alpha value is -4.70. The molecular formula is C33H35N5O4S. The highest BCUT2D eigenvalue weighted by Crippen LogP contribution is 2.45. The number of amides is 1. The number of nitrogens with zero attached hydrogens (tertiary/aromatic N) is 3. The molecule has 10 heteroatoms. The van der Waals surface area contributed by atoms with Crippen molar-refractivity contribution in [3.8, 4) is 11.4 Å². The number of carbonyl (C=O) groups excluding carboxylic acids is 1. The van der Waals surface area contributed by atoms with Crippen LogP contribution < -0.4 is 20.3 Å². The molecule has 5 rings (SSSR count). The van der Waals surface area contributed by atoms with E-state index in [1.165, 1.54) is 0 Å². The first kappa shape index (κ1) is 29.8. The summed E-state index contributed by atoms with van der Waals surface area (Å²) >= 11 is 5.93. The van der Waals surface area contributed by atoms with Crippen molar-refractivity contribution in [1.29, 1.82) is 0 Å². The van der Waals surface area contributed by atoms with Crippen LogP contribution >= 0.6 is 12.2 Å². The summed E-state index contributed by atoms with van der Waals surface area (Å²) in [4.78, 5) is 31.5. The Bertz CT molecular complexity index is 1710. The Morgan fingerprint density at radius 2 is 1.77 bits per heavy atom. The number of carboxylic acids is 1. The third-order valence-electron chi connectivity index (χ3n) is 7.66. The SMILES string of the molecule is COc1cc(N2C(=S)N[C@@H](c3ccccn3)[C@@H]2c2cc(C)n(-c3ccccc3C(=O)O)c2C)ccc1NC(=O)C(C)(C)C. The molecule has 0 unspecified atom stereocenters. The predicted molar refractivity (Wildman–Crippen MR) is 171 cm³/mol. The maximum absolute atomic E-state index is 12.7. The summed E-state index contributed by atoms with van der Waals surface area (Å²) < 4.78 is 7.68. The van der Waals surface area contributed by atoms with Gasteiger partial charge in [0.05, 0.1) is 41.8 Å². The second-order valence-electron chi connectivity index (χ2n) is 11.6. The smallest absolute Gasteiger partial charge is 0.337 e. The molecule has 2 atom stereocenters. The van der Waals surface area contributed by atoms with E-state index >= 15 is 0 Å². The van der Waals surface area contributed by atoms with Crippen LogP contribution in [0.3, 0.4) is 0 Å². The van der Waals surface area contributed by atoms with Crippen LogP contribution in [0.25, 0.3) is 5.69 Å². The lowest BCUT2D eigenvalue weighted by Gasteiger charge is -2.29. The Balaban J connectivity index is 1.65. The number of rotatable bonds is 7. The van der Waals surface area contributed by atoms with Crippen molar-refractivity contribution in [3.63, 3.8) is 0 Å². The second kappa shape index (κ2) is 11.5. The molecule has 0 radical (unpaired) electrons. The average molecular weight is 598 g/mol. The number of anilines is 2. The van der Waals surface area contributed by atoms with Gasteiger partial charge in [-0.3, -0.25) is 9.78 Å². The minimum atomic E-state index is -0.993. The molecule has 2 aromatic carbocycles. The summed E-state index contributed by atoms with van der Waals surface area (Å²) in [5.74, 6) is -0.620. The quantitative estimate of drug-likeness (QED) is 0.211. The number of pyridine rings is 1. The third kappa shape index (κ3) is 5.58. The second-order valence-corrected chi connectivity index (χ2v) is 12.0. The molecule has 43 heavy (non-hydrogen) atoms. The maximum atomic E-state index is 12.7. The summed E-state index contributed by atoms with van der Waals surface area (Å²) in [6.07, 6.45) is 1.75. The Morgan fingerprint density at radius 3 is 2.42 bits per heavy atom. The number of hydrogen-bond acceptors (Lipinski definition) is 5. The first-order valence-corrected chi connectivity index (χ1v) is 14.3. The van der Waals surface area contributed by atoms with Crippen molar-refractivity contribution in [2.75, 3.05) is 17.3 Å². The van der Waals surface area contributed by atoms with Gasteiger partial charge >= 0.3 is 5.97 Å². The lowest BCUT2D eigenvalue weighted by Crippen LogP contribution is -2.30. The number of methoxy groups -OCH3 is 1. The lowest BCUT2D eigenvalue weighted by molar-refractivity contribution is -0.123. The standard InChI is InChI=1S/C33H35N5O4S/c1-19-17-23(20(2)37(19)26-13-8-7-11-22(26)30(39)40)29-28(25-12-9-10-16-34-25)36-32(43)38(29)21-14-15-24(27(18-21)42-6)35-31(41)33(3,4)5/h7-18,28-29H,1-6H3,(H,35,41)(H,36,43)(H,39,40)/t28-,29-/m0/s1. The van der Waals surface area contributed by atoms with E-state index in [1.54, 1.807) is 25.4 Å². The molecular weight excluding hydrogens is 562 g/mol. The molecule has 4 aromatic rings. The molecule has 3 heterocycles. The summed E-state index contributed by atoms with van der Waals surface area (Å²) in [6, 6.07) is 19.8. The van der Waals surface area contributed by atoms with Crippen molar-refractivity contribution in [2.45, 2.75) is 46.7 Å². The number of carboxylic acid groups (broad SMARTS) is 1. The van der Waals surface area contributed by atoms with Crippen molar-refractivity contribution < 1.29 is 19.4 Å². The first-order valence-electron chi connectivity index (χ1n) is 13.9. The lowest BCUT2D eigenvalue weighted by atomic mass is 9.95. The highest BCUT2D eigenvalue weighted by molar-refractivity contribution is 7.80. The number of carbonyl (C=O) groups is 2. The normalized spacial score (nSPS) is 16.6. The van der Waals surface area contributed by atoms with E-state index in [2.05, 4.69) is 21.7 Å². The number of para-hydroxylation sites is 1. The zero-order valence-electron chi connectivity index (χ0n) is 25.0. The summed E-state index contributed by atoms with van der Waals surface area (Å²) in [7, 11) is 1.56. The first-order chi connectivity index (χ1) is 20.4. The molecule has 0 bridgehead atoms. The van der Waals surface area contributed by atoms with Crippen molar-refractivity contribution >= 4 is 40.6 Å². The van der Waals surface area contributed by atoms with Crippen LogP contribution in [0, 0.1) is 19.3 Å². The van der Waals surface area contributed by atoms with E-state index in [1.807, 2.05) is 92.6 Å². The molecule has 1 aliphatic rings. The topological polar surface area (TPSA) is 109 Å². The summed E-state index contributed by atoms with van der Waals surface area (Å²) in [5.41, 5.74) is 5.10. The zero-order valence-corrected chi connectivity index (χ0v) is 25.8. The van der Waals surface area contributed by atoms with Crippen LogP contribution in [0.2, 0.25) is 0 Å². The van der Waals surface area contributed by atoms with Crippen LogP contribution in [0.15, 0.2) is 72.9 Å². The molecule has 2 aromatic heterocycles. The van der Waals surface area contributed by atoms with Crippen LogP contribution in [0.1, 0.15) is 65.9 Å². The highest BCUT2D eigenvalue weighted by Gasteiger charge is 2.42. The van der Waals surface area contributed by atoms with E-state index in [0.717, 1.165) is 28.3 Å². The molecule has 222 valence electrons. The molecule has 9 nitrogen and oxygen atoms in total. The minimum Gasteiger partial charge on any atom is -0.494 e. The van der Waals surface area contributed by atoms with E-state index in [0.29, 0.717) is 22.2 Å². The number of aryl methyl sites for hydroxylation is 1. The van der Waals surface area contributed by atoms with Gasteiger partial charge in [0.25, 0.3) is 0 Å². The Labute approximate surface area is 256 Å². The Morgan fingerprint density at radius 1 is 1.05 bits per heavy atom. The predicted octanol–water partition coefficient (Wildman–Crippen LogP) is 6.36. The van der Waals surface area contributed by atoms with Crippen LogP contribution in [0.5, 0.6) is 5.75 Å². The monoisotopic (exact) mass is 597 g/mol. The molecule has 0 aliphatic carbocycles. The van der Waals surface area contributed by atoms with E-state index in [9.17, 15) is 14.7 Å². The van der Waals surface area contributed by atoms with Gasteiger partial charge in [-0.05, 0) is 74.1 Å². The largest absolute Gasteiger partial charge is 0.494 e. The van der Waals surface area contributed by atoms with Gasteiger partial charge in [0.15, 0.2) is 5.11 Å². The summed E-state index contributed by atoms with van der Waals surface area (Å²) in [5, 5.41) is 16.9. The molecule has 1 aliphatic heterocycles. The minimum absolute atomic E-state index is 0.126. The number of thiocarbonyl (C=S) groups is 1. The molecule has 3 N–H and O–H groups in total. The number of aromatic carboxylic acids is 1. The Kier molecular flexibility index (Phi) is 7.98. The van der Waals surface area contributed by atoms with Gasteiger partial charge in [0, 0.05) is 34.8 Å². The van der Waals surface area contributed by atoms with Gasteiger partial charge < -0.3 is 29.9 Å². The highest BCUT2D eigenvalue weighted by atomic mass is 32.1. The molecule has 0 saturated carbocycles. The number of nitrogens with one attached hydrogen (secondary N) is 2. The number of ether oxygens (including phenoxy) is 1. The van der Waals surface area contributed by atoms with E-state index in [4.69, 9.17) is 17.0 Å². The van der Waals surface area contributed by atoms with E-state index < -0.39 is 11.4 Å². The van der Waals surface area contributed by atoms with Gasteiger partial charge in [0.1, 0.15) is 5.75 Å². The van der Waals surface area contributed by atoms with Gasteiger partial charge in [-0.1, -0.05) is 39.0 Å². The fraction of sp³-hybridized carbons (Fsp3) is 0.273. The number of hydrogen-bond donors (Lipinski definition) is 3. The van der Waals surface area contributed by atoms with Crippen molar-refractivity contribution in [3.05, 3.63) is 101 Å². The van der Waals surface area contributed by atoms with Gasteiger partial charge in [-0.25, -0.2) is 4.79 Å². The summed E-state index contributed by atoms with van der Waals surface area (Å²) in [6.45, 7) is 9.51. The van der Waals surface area contributed by atoms with Gasteiger partial charge in [-0.2, -0.15) is 0 Å². The fourth-order valence-electron chi connectivity index (χ4n) is 5.50. The van der Waals surface area contributed by atoms with E-state index in [-0.39, 0.29) is 23.6 Å². The fourth-order valence-corrected chi connectivity index (χ4v) is 5.85.